The minimum Gasteiger partial charge on any atom is -0.429 e. The van der Waals surface area contributed by atoms with E-state index in [9.17, 15) is 43.9 Å². The highest BCUT2D eigenvalue weighted by Gasteiger charge is 2.39. The molecule has 4 aromatic rings. The molecule has 0 saturated heterocycles. The van der Waals surface area contributed by atoms with Gasteiger partial charge in [0.05, 0.1) is 5.56 Å². The van der Waals surface area contributed by atoms with E-state index in [1.807, 2.05) is 0 Å². The molecule has 0 aromatic heterocycles. The molecule has 0 atom stereocenters. The van der Waals surface area contributed by atoms with Crippen LogP contribution in [-0.4, -0.2) is 6.36 Å². The molecule has 0 unspecified atom stereocenters. The van der Waals surface area contributed by atoms with E-state index in [1.165, 1.54) is 18.2 Å². The van der Waals surface area contributed by atoms with Gasteiger partial charge in [0.25, 0.3) is 0 Å². The summed E-state index contributed by atoms with van der Waals surface area (Å²) >= 11 is 0. The molecule has 2 nitrogen and oxygen atoms in total. The monoisotopic (exact) mass is 534 g/mol. The summed E-state index contributed by atoms with van der Waals surface area (Å²) in [4.78, 5) is 0. The van der Waals surface area contributed by atoms with Crippen LogP contribution in [0.2, 0.25) is 0 Å². The van der Waals surface area contributed by atoms with Crippen LogP contribution in [-0.2, 0) is 6.11 Å². The number of hydrogen-bond acceptors (Lipinski definition) is 2. The highest BCUT2D eigenvalue weighted by molar-refractivity contribution is 5.88. The fourth-order valence-electron chi connectivity index (χ4n) is 3.58. The van der Waals surface area contributed by atoms with Gasteiger partial charge >= 0.3 is 12.5 Å². The Morgan fingerprint density at radius 1 is 0.649 bits per heavy atom. The highest BCUT2D eigenvalue weighted by Crippen LogP contribution is 2.39. The molecule has 0 aliphatic carbocycles. The Labute approximate surface area is 201 Å². The van der Waals surface area contributed by atoms with Gasteiger partial charge in [0.15, 0.2) is 23.3 Å². The predicted molar refractivity (Wildman–Crippen MR) is 112 cm³/mol. The van der Waals surface area contributed by atoms with E-state index >= 15 is 0 Å². The first-order valence-corrected chi connectivity index (χ1v) is 10.2. The van der Waals surface area contributed by atoms with Gasteiger partial charge in [-0.05, 0) is 42.1 Å². The van der Waals surface area contributed by atoms with Crippen molar-refractivity contribution in [1.82, 2.24) is 0 Å². The smallest absolute Gasteiger partial charge is 0.429 e. The molecule has 0 heterocycles. The quantitative estimate of drug-likeness (QED) is 0.239. The molecule has 0 saturated carbocycles. The molecule has 0 amide bonds. The van der Waals surface area contributed by atoms with E-state index < -0.39 is 64.2 Å². The Morgan fingerprint density at radius 3 is 1.89 bits per heavy atom. The first-order chi connectivity index (χ1) is 17.2. The van der Waals surface area contributed by atoms with Crippen molar-refractivity contribution >= 4 is 10.8 Å². The van der Waals surface area contributed by atoms with Crippen LogP contribution in [0.4, 0.5) is 43.9 Å². The second-order valence-electron chi connectivity index (χ2n) is 7.85. The van der Waals surface area contributed by atoms with Crippen molar-refractivity contribution in [3.05, 3.63) is 94.8 Å². The molecule has 12 heteroatoms. The summed E-state index contributed by atoms with van der Waals surface area (Å²) < 4.78 is 145. The van der Waals surface area contributed by atoms with Crippen molar-refractivity contribution in [3.63, 3.8) is 0 Å². The lowest BCUT2D eigenvalue weighted by Gasteiger charge is -2.20. The summed E-state index contributed by atoms with van der Waals surface area (Å²) in [5, 5.41) is 0.226. The lowest BCUT2D eigenvalue weighted by atomic mass is 9.97. The molecular formula is C25H12F10O2. The van der Waals surface area contributed by atoms with E-state index in [1.54, 1.807) is 13.0 Å². The van der Waals surface area contributed by atoms with E-state index in [4.69, 9.17) is 0 Å². The minimum atomic E-state index is -5.47. The predicted octanol–water partition coefficient (Wildman–Crippen LogP) is 8.54. The van der Waals surface area contributed by atoms with E-state index in [-0.39, 0.29) is 28.5 Å². The van der Waals surface area contributed by atoms with Crippen molar-refractivity contribution < 1.29 is 53.4 Å². The van der Waals surface area contributed by atoms with Gasteiger partial charge in [0, 0.05) is 23.1 Å². The maximum atomic E-state index is 14.7. The topological polar surface area (TPSA) is 18.5 Å². The summed E-state index contributed by atoms with van der Waals surface area (Å²) in [6.07, 6.45) is -10.1. The summed E-state index contributed by atoms with van der Waals surface area (Å²) in [5.41, 5.74) is -1.53. The molecule has 0 spiro atoms. The van der Waals surface area contributed by atoms with Crippen molar-refractivity contribution in [3.8, 4) is 22.6 Å². The average Bonchev–Trinajstić information content (AvgIpc) is 2.78. The third-order valence-electron chi connectivity index (χ3n) is 5.20. The lowest BCUT2D eigenvalue weighted by molar-refractivity contribution is -0.276. The average molecular weight is 534 g/mol. The second kappa shape index (κ2) is 9.16. The number of hydrogen-bond donors (Lipinski definition) is 0. The molecule has 0 radical (unpaired) electrons. The van der Waals surface area contributed by atoms with Gasteiger partial charge in [-0.1, -0.05) is 23.8 Å². The fourth-order valence-corrected chi connectivity index (χ4v) is 3.58. The summed E-state index contributed by atoms with van der Waals surface area (Å²) in [6.45, 7) is 1.66. The molecule has 0 aliphatic rings. The number of aryl methyl sites for hydroxylation is 1. The Morgan fingerprint density at radius 2 is 1.30 bits per heavy atom. The fraction of sp³-hybridized carbons (Fsp3) is 0.120. The largest absolute Gasteiger partial charge is 0.573 e. The molecule has 4 aromatic carbocycles. The molecule has 194 valence electrons. The summed E-state index contributed by atoms with van der Waals surface area (Å²) in [5.74, 6) is -11.4. The SMILES string of the molecule is Cc1ccc2cc(-c3ccc(C(F)(F)Oc4cc(F)c(OC(F)(F)F)c(F)c4)c(F)c3)c(F)c(F)c2c1. The van der Waals surface area contributed by atoms with Crippen LogP contribution in [0.15, 0.2) is 54.6 Å². The maximum Gasteiger partial charge on any atom is 0.573 e. The lowest BCUT2D eigenvalue weighted by Crippen LogP contribution is -2.24. The molecular weight excluding hydrogens is 522 g/mol. The van der Waals surface area contributed by atoms with E-state index in [0.717, 1.165) is 6.07 Å². The zero-order valence-corrected chi connectivity index (χ0v) is 18.3. The Balaban J connectivity index is 1.67. The third kappa shape index (κ3) is 5.27. The first-order valence-electron chi connectivity index (χ1n) is 10.2. The van der Waals surface area contributed by atoms with Gasteiger partial charge in [-0.25, -0.2) is 22.0 Å². The van der Waals surface area contributed by atoms with Gasteiger partial charge in [-0.2, -0.15) is 8.78 Å². The molecule has 0 fully saturated rings. The van der Waals surface area contributed by atoms with Crippen LogP contribution in [0, 0.1) is 36.0 Å². The standard InChI is InChI=1S/C25H12F10O2/c1-11-2-3-12-7-16(22(30)21(29)15(12)6-11)13-4-5-17(18(26)8-13)24(31,32)36-14-9-19(27)23(20(28)10-14)37-25(33,34)35/h2-10H,1H3. The van der Waals surface area contributed by atoms with Crippen LogP contribution in [0.5, 0.6) is 11.5 Å². The number of fused-ring (bicyclic) bond motifs is 1. The molecule has 0 N–H and O–H groups in total. The van der Waals surface area contributed by atoms with Crippen molar-refractivity contribution in [2.24, 2.45) is 0 Å². The number of halogens is 10. The van der Waals surface area contributed by atoms with E-state index in [0.29, 0.717) is 17.7 Å². The number of alkyl halides is 5. The van der Waals surface area contributed by atoms with Gasteiger partial charge in [-0.15, -0.1) is 13.2 Å². The Kier molecular flexibility index (Phi) is 6.47. The van der Waals surface area contributed by atoms with Crippen molar-refractivity contribution in [2.45, 2.75) is 19.4 Å². The highest BCUT2D eigenvalue weighted by atomic mass is 19.4. The molecule has 0 bridgehead atoms. The van der Waals surface area contributed by atoms with Crippen molar-refractivity contribution in [1.29, 1.82) is 0 Å². The van der Waals surface area contributed by atoms with Gasteiger partial charge in [0.1, 0.15) is 11.6 Å². The van der Waals surface area contributed by atoms with Crippen LogP contribution in [0.25, 0.3) is 21.9 Å². The van der Waals surface area contributed by atoms with Crippen LogP contribution in [0.1, 0.15) is 11.1 Å². The van der Waals surface area contributed by atoms with Gasteiger partial charge < -0.3 is 9.47 Å². The van der Waals surface area contributed by atoms with Gasteiger partial charge in [-0.3, -0.25) is 0 Å². The Hall–Kier alpha value is -3.96. The molecule has 0 aliphatic heterocycles. The van der Waals surface area contributed by atoms with Crippen LogP contribution >= 0.6 is 0 Å². The zero-order valence-electron chi connectivity index (χ0n) is 18.3. The summed E-state index contributed by atoms with van der Waals surface area (Å²) in [6, 6.07) is 7.48. The Bertz CT molecular complexity index is 1490. The molecule has 37 heavy (non-hydrogen) atoms. The van der Waals surface area contributed by atoms with Gasteiger partial charge in [0.2, 0.25) is 5.75 Å². The minimum absolute atomic E-state index is 0.0146. The summed E-state index contributed by atoms with van der Waals surface area (Å²) in [7, 11) is 0. The number of rotatable bonds is 5. The normalized spacial score (nSPS) is 12.2. The maximum absolute atomic E-state index is 14.7. The van der Waals surface area contributed by atoms with E-state index in [2.05, 4.69) is 9.47 Å². The number of benzene rings is 4. The zero-order chi connectivity index (χ0) is 27.3. The van der Waals surface area contributed by atoms with Crippen LogP contribution < -0.4 is 9.47 Å². The number of ether oxygens (including phenoxy) is 2. The second-order valence-corrected chi connectivity index (χ2v) is 7.85. The third-order valence-corrected chi connectivity index (χ3v) is 5.20. The first kappa shape index (κ1) is 26.1. The molecule has 4 rings (SSSR count). The van der Waals surface area contributed by atoms with Crippen molar-refractivity contribution in [2.75, 3.05) is 0 Å². The van der Waals surface area contributed by atoms with Crippen LogP contribution in [0.3, 0.4) is 0 Å².